The Labute approximate surface area is 129 Å². The van der Waals surface area contributed by atoms with E-state index >= 15 is 0 Å². The summed E-state index contributed by atoms with van der Waals surface area (Å²) in [4.78, 5) is 23.9. The van der Waals surface area contributed by atoms with Crippen molar-refractivity contribution in [2.45, 2.75) is 26.7 Å². The molecule has 1 atom stereocenters. The van der Waals surface area contributed by atoms with E-state index in [0.717, 1.165) is 0 Å². The predicted octanol–water partition coefficient (Wildman–Crippen LogP) is 1.30. The maximum absolute atomic E-state index is 12.1. The zero-order valence-corrected chi connectivity index (χ0v) is 12.7. The van der Waals surface area contributed by atoms with Gasteiger partial charge in [0.1, 0.15) is 12.0 Å². The molecule has 1 unspecified atom stereocenters. The van der Waals surface area contributed by atoms with Crippen molar-refractivity contribution in [3.63, 3.8) is 0 Å². The van der Waals surface area contributed by atoms with Gasteiger partial charge in [0.15, 0.2) is 0 Å². The van der Waals surface area contributed by atoms with Gasteiger partial charge in [-0.1, -0.05) is 19.1 Å². The highest BCUT2D eigenvalue weighted by Crippen LogP contribution is 2.10. The maximum atomic E-state index is 12.1. The van der Waals surface area contributed by atoms with Crippen LogP contribution in [-0.2, 0) is 14.3 Å². The van der Waals surface area contributed by atoms with Gasteiger partial charge < -0.3 is 20.5 Å². The van der Waals surface area contributed by atoms with Gasteiger partial charge >= 0.3 is 5.97 Å². The van der Waals surface area contributed by atoms with Gasteiger partial charge in [0.25, 0.3) is 0 Å². The van der Waals surface area contributed by atoms with Crippen molar-refractivity contribution in [1.29, 1.82) is 0 Å². The van der Waals surface area contributed by atoms with Crippen LogP contribution >= 0.6 is 0 Å². The Hall–Kier alpha value is -2.68. The Kier molecular flexibility index (Phi) is 7.34. The SMILES string of the molecule is CCOC(=O)C(CC)C(=O)NC1=CCC=C(NC#CO)C=C1. The van der Waals surface area contributed by atoms with Gasteiger partial charge in [0.05, 0.1) is 12.7 Å². The number of aliphatic hydroxyl groups is 1. The van der Waals surface area contributed by atoms with Gasteiger partial charge in [0.2, 0.25) is 5.91 Å². The van der Waals surface area contributed by atoms with E-state index in [0.29, 0.717) is 24.2 Å². The molecular weight excluding hydrogens is 284 g/mol. The van der Waals surface area contributed by atoms with E-state index < -0.39 is 11.9 Å². The molecule has 0 aromatic heterocycles. The standard InChI is InChI=1S/C16H20N2O4/c1-3-14(16(21)22-4-2)15(20)18-13-7-5-6-12(8-9-13)17-10-11-19/h6-9,14,17,19H,3-5H2,1-2H3,(H,18,20). The summed E-state index contributed by atoms with van der Waals surface area (Å²) in [5, 5.41) is 13.8. The maximum Gasteiger partial charge on any atom is 0.318 e. The number of hydrogen-bond donors (Lipinski definition) is 3. The van der Waals surface area contributed by atoms with Crippen LogP contribution < -0.4 is 10.6 Å². The summed E-state index contributed by atoms with van der Waals surface area (Å²) >= 11 is 0. The summed E-state index contributed by atoms with van der Waals surface area (Å²) < 4.78 is 4.89. The number of hydrogen-bond acceptors (Lipinski definition) is 5. The number of rotatable bonds is 6. The van der Waals surface area contributed by atoms with Crippen molar-refractivity contribution in [1.82, 2.24) is 10.6 Å². The first-order chi connectivity index (χ1) is 10.6. The van der Waals surface area contributed by atoms with Crippen LogP contribution in [0.4, 0.5) is 0 Å². The second-order valence-electron chi connectivity index (χ2n) is 4.45. The molecule has 0 bridgehead atoms. The topological polar surface area (TPSA) is 87.7 Å². The fourth-order valence-electron chi connectivity index (χ4n) is 1.85. The lowest BCUT2D eigenvalue weighted by Gasteiger charge is -2.14. The van der Waals surface area contributed by atoms with Crippen molar-refractivity contribution in [2.24, 2.45) is 5.92 Å². The lowest BCUT2D eigenvalue weighted by atomic mass is 10.1. The molecule has 6 nitrogen and oxygen atoms in total. The molecule has 0 aliphatic heterocycles. The molecule has 1 aliphatic carbocycles. The van der Waals surface area contributed by atoms with Gasteiger partial charge in [-0.05, 0) is 31.9 Å². The molecule has 0 aromatic rings. The Balaban J connectivity index is 2.66. The molecule has 1 aliphatic rings. The van der Waals surface area contributed by atoms with Crippen molar-refractivity contribution in [3.8, 4) is 12.2 Å². The second-order valence-corrected chi connectivity index (χ2v) is 4.45. The molecule has 118 valence electrons. The predicted molar refractivity (Wildman–Crippen MR) is 81.3 cm³/mol. The number of ether oxygens (including phenoxy) is 1. The summed E-state index contributed by atoms with van der Waals surface area (Å²) in [7, 11) is 0. The third-order valence-electron chi connectivity index (χ3n) is 2.94. The molecule has 0 heterocycles. The van der Waals surface area contributed by atoms with Crippen molar-refractivity contribution >= 4 is 11.9 Å². The molecule has 1 amide bonds. The number of carbonyl (C=O) groups is 2. The molecule has 0 aromatic carbocycles. The molecule has 3 N–H and O–H groups in total. The van der Waals surface area contributed by atoms with Gasteiger partial charge in [-0.25, -0.2) is 0 Å². The molecule has 0 saturated heterocycles. The lowest BCUT2D eigenvalue weighted by molar-refractivity contribution is -0.152. The Bertz CT molecular complexity index is 564. The Morgan fingerprint density at radius 2 is 2.00 bits per heavy atom. The van der Waals surface area contributed by atoms with Crippen LogP contribution in [0, 0.1) is 18.1 Å². The number of aliphatic hydroxyl groups excluding tert-OH is 1. The highest BCUT2D eigenvalue weighted by Gasteiger charge is 2.26. The summed E-state index contributed by atoms with van der Waals surface area (Å²) in [5.74, 6) is -1.72. The van der Waals surface area contributed by atoms with E-state index in [1.54, 1.807) is 32.1 Å². The molecule has 22 heavy (non-hydrogen) atoms. The summed E-state index contributed by atoms with van der Waals surface area (Å²) in [6.07, 6.45) is 9.78. The van der Waals surface area contributed by atoms with Gasteiger partial charge in [-0.3, -0.25) is 9.59 Å². The molecule has 1 rings (SSSR count). The fraction of sp³-hybridized carbons (Fsp3) is 0.375. The van der Waals surface area contributed by atoms with Crippen molar-refractivity contribution in [3.05, 3.63) is 35.7 Å². The molecule has 6 heteroatoms. The number of amides is 1. The molecule has 0 fully saturated rings. The Morgan fingerprint density at radius 3 is 2.64 bits per heavy atom. The molecule has 0 saturated carbocycles. The minimum Gasteiger partial charge on any atom is -0.465 e. The minimum atomic E-state index is -0.816. The summed E-state index contributed by atoms with van der Waals surface area (Å²) in [6, 6.07) is 2.32. The van der Waals surface area contributed by atoms with E-state index in [1.165, 1.54) is 0 Å². The quantitative estimate of drug-likeness (QED) is 0.298. The number of esters is 1. The van der Waals surface area contributed by atoms with E-state index in [1.807, 2.05) is 12.2 Å². The monoisotopic (exact) mass is 304 g/mol. The third-order valence-corrected chi connectivity index (χ3v) is 2.94. The zero-order chi connectivity index (χ0) is 16.4. The van der Waals surface area contributed by atoms with E-state index in [9.17, 15) is 9.59 Å². The number of nitrogens with one attached hydrogen (secondary N) is 2. The van der Waals surface area contributed by atoms with Crippen LogP contribution in [-0.4, -0.2) is 23.6 Å². The molecule has 0 spiro atoms. The third kappa shape index (κ3) is 5.37. The normalized spacial score (nSPS) is 14.5. The first-order valence-electron chi connectivity index (χ1n) is 7.08. The van der Waals surface area contributed by atoms with E-state index in [4.69, 9.17) is 9.84 Å². The van der Waals surface area contributed by atoms with E-state index in [-0.39, 0.29) is 12.5 Å². The molecule has 0 radical (unpaired) electrons. The van der Waals surface area contributed by atoms with Crippen LogP contribution in [0.15, 0.2) is 35.7 Å². The van der Waals surface area contributed by atoms with Crippen LogP contribution in [0.1, 0.15) is 26.7 Å². The van der Waals surface area contributed by atoms with Gasteiger partial charge in [-0.15, -0.1) is 0 Å². The van der Waals surface area contributed by atoms with Crippen LogP contribution in [0.5, 0.6) is 0 Å². The Morgan fingerprint density at radius 1 is 1.32 bits per heavy atom. The van der Waals surface area contributed by atoms with Crippen LogP contribution in [0.25, 0.3) is 0 Å². The zero-order valence-electron chi connectivity index (χ0n) is 12.7. The fourth-order valence-corrected chi connectivity index (χ4v) is 1.85. The summed E-state index contributed by atoms with van der Waals surface area (Å²) in [5.41, 5.74) is 1.30. The van der Waals surface area contributed by atoms with Gasteiger partial charge in [0, 0.05) is 11.4 Å². The highest BCUT2D eigenvalue weighted by atomic mass is 16.5. The average molecular weight is 304 g/mol. The van der Waals surface area contributed by atoms with Gasteiger partial charge in [-0.2, -0.15) is 0 Å². The highest BCUT2D eigenvalue weighted by molar-refractivity contribution is 5.98. The van der Waals surface area contributed by atoms with Crippen molar-refractivity contribution in [2.75, 3.05) is 6.61 Å². The second kappa shape index (κ2) is 9.29. The number of carbonyl (C=O) groups excluding carboxylic acids is 2. The first-order valence-corrected chi connectivity index (χ1v) is 7.08. The van der Waals surface area contributed by atoms with E-state index in [2.05, 4.69) is 16.7 Å². The largest absolute Gasteiger partial charge is 0.465 e. The van der Waals surface area contributed by atoms with Crippen molar-refractivity contribution < 1.29 is 19.4 Å². The minimum absolute atomic E-state index is 0.246. The average Bonchev–Trinajstić information content (AvgIpc) is 2.71. The van der Waals surface area contributed by atoms with Crippen LogP contribution in [0.2, 0.25) is 0 Å². The lowest BCUT2D eigenvalue weighted by Crippen LogP contribution is -2.35. The van der Waals surface area contributed by atoms with Crippen LogP contribution in [0.3, 0.4) is 0 Å². The smallest absolute Gasteiger partial charge is 0.318 e. The molecular formula is C16H20N2O4. The summed E-state index contributed by atoms with van der Waals surface area (Å²) in [6.45, 7) is 3.71. The first kappa shape index (κ1) is 17.4. The number of allylic oxidation sites excluding steroid dienone is 4.